The second-order valence-corrected chi connectivity index (χ2v) is 9.78. The molecule has 39 heavy (non-hydrogen) atoms. The summed E-state index contributed by atoms with van der Waals surface area (Å²) in [6, 6.07) is 11.5. The molecular weight excluding hydrogens is 523 g/mol. The molecule has 8 nitrogen and oxygen atoms in total. The number of urea groups is 1. The van der Waals surface area contributed by atoms with Gasteiger partial charge in [-0.05, 0) is 55.3 Å². The molecule has 0 bridgehead atoms. The second-order valence-electron chi connectivity index (χ2n) is 9.35. The second kappa shape index (κ2) is 12.9. The number of nitrogens with zero attached hydrogens (tertiary/aromatic N) is 3. The van der Waals surface area contributed by atoms with Gasteiger partial charge in [0.1, 0.15) is 5.82 Å². The van der Waals surface area contributed by atoms with Crippen LogP contribution in [-0.2, 0) is 9.53 Å². The predicted molar refractivity (Wildman–Crippen MR) is 147 cm³/mol. The molecule has 1 fully saturated rings. The van der Waals surface area contributed by atoms with Gasteiger partial charge in [-0.2, -0.15) is 0 Å². The van der Waals surface area contributed by atoms with E-state index < -0.39 is 17.8 Å². The number of benzene rings is 2. The number of carbonyl (C=O) groups excluding carboxylic acids is 3. The van der Waals surface area contributed by atoms with Gasteiger partial charge in [0.2, 0.25) is 0 Å². The maximum Gasteiger partial charge on any atom is 0.338 e. The highest BCUT2D eigenvalue weighted by Crippen LogP contribution is 2.33. The highest BCUT2D eigenvalue weighted by molar-refractivity contribution is 6.30. The van der Waals surface area contributed by atoms with Gasteiger partial charge in [-0.3, -0.25) is 14.6 Å². The van der Waals surface area contributed by atoms with Crippen molar-refractivity contribution in [1.29, 1.82) is 0 Å². The van der Waals surface area contributed by atoms with Gasteiger partial charge in [-0.1, -0.05) is 29.8 Å². The monoisotopic (exact) mass is 554 g/mol. The summed E-state index contributed by atoms with van der Waals surface area (Å²) < 4.78 is 18.8. The molecule has 0 aliphatic carbocycles. The molecule has 2 aliphatic heterocycles. The maximum atomic E-state index is 13.4. The Balaban J connectivity index is 1.64. The Morgan fingerprint density at radius 1 is 1.15 bits per heavy atom. The third kappa shape index (κ3) is 6.66. The van der Waals surface area contributed by atoms with E-state index in [2.05, 4.69) is 16.8 Å². The number of amides is 3. The van der Waals surface area contributed by atoms with Crippen LogP contribution >= 0.6 is 11.6 Å². The zero-order valence-electron chi connectivity index (χ0n) is 21.9. The van der Waals surface area contributed by atoms with Crippen LogP contribution in [0.25, 0.3) is 0 Å². The molecule has 0 radical (unpaired) electrons. The first kappa shape index (κ1) is 28.3. The van der Waals surface area contributed by atoms with Gasteiger partial charge in [0, 0.05) is 55.6 Å². The fourth-order valence-electron chi connectivity index (χ4n) is 4.90. The first-order valence-electron chi connectivity index (χ1n) is 12.9. The van der Waals surface area contributed by atoms with Gasteiger partial charge in [0.15, 0.2) is 0 Å². The number of ether oxygens (including phenoxy) is 1. The summed E-state index contributed by atoms with van der Waals surface area (Å²) in [5.41, 5.74) is 1.97. The molecule has 4 rings (SSSR count). The molecule has 206 valence electrons. The van der Waals surface area contributed by atoms with Crippen molar-refractivity contribution < 1.29 is 23.5 Å². The van der Waals surface area contributed by atoms with Crippen LogP contribution in [0.1, 0.15) is 35.3 Å². The van der Waals surface area contributed by atoms with Crippen LogP contribution in [-0.4, -0.2) is 78.5 Å². The normalized spacial score (nSPS) is 18.4. The minimum Gasteiger partial charge on any atom is -0.463 e. The van der Waals surface area contributed by atoms with E-state index in [1.54, 1.807) is 36.1 Å². The molecule has 10 heteroatoms. The third-order valence-corrected chi connectivity index (χ3v) is 7.00. The largest absolute Gasteiger partial charge is 0.463 e. The van der Waals surface area contributed by atoms with Crippen molar-refractivity contribution >= 4 is 29.5 Å². The summed E-state index contributed by atoms with van der Waals surface area (Å²) in [5, 5.41) is 3.42. The SMILES string of the molecule is C=CCN1C(=O)NC(c2cccc(Cl)c2)C(C(=O)OCC)=C1CN1CCCN(C(=O)c2ccc(F)cc2)CC1. The summed E-state index contributed by atoms with van der Waals surface area (Å²) in [6.07, 6.45) is 2.30. The molecule has 2 heterocycles. The van der Waals surface area contributed by atoms with E-state index in [-0.39, 0.29) is 25.1 Å². The predicted octanol–water partition coefficient (Wildman–Crippen LogP) is 4.40. The van der Waals surface area contributed by atoms with E-state index in [1.165, 1.54) is 29.2 Å². The van der Waals surface area contributed by atoms with E-state index in [1.807, 2.05) is 6.07 Å². The molecule has 1 N–H and O–H groups in total. The number of hydrogen-bond acceptors (Lipinski definition) is 5. The van der Waals surface area contributed by atoms with E-state index in [9.17, 15) is 18.8 Å². The third-order valence-electron chi connectivity index (χ3n) is 6.77. The van der Waals surface area contributed by atoms with Crippen LogP contribution in [0.2, 0.25) is 5.02 Å². The number of rotatable bonds is 8. The Hall–Kier alpha value is -3.69. The Morgan fingerprint density at radius 3 is 2.62 bits per heavy atom. The number of halogens is 2. The maximum absolute atomic E-state index is 13.4. The molecule has 1 unspecified atom stereocenters. The number of nitrogens with one attached hydrogen (secondary N) is 1. The summed E-state index contributed by atoms with van der Waals surface area (Å²) in [7, 11) is 0. The minimum absolute atomic E-state index is 0.158. The van der Waals surface area contributed by atoms with Crippen molar-refractivity contribution in [3.8, 4) is 0 Å². The zero-order valence-corrected chi connectivity index (χ0v) is 22.6. The van der Waals surface area contributed by atoms with Crippen molar-refractivity contribution in [3.05, 3.63) is 94.4 Å². The number of esters is 1. The van der Waals surface area contributed by atoms with Crippen LogP contribution in [0, 0.1) is 5.82 Å². The minimum atomic E-state index is -0.741. The van der Waals surface area contributed by atoms with Gasteiger partial charge in [0.05, 0.1) is 18.2 Å². The van der Waals surface area contributed by atoms with Gasteiger partial charge in [-0.15, -0.1) is 6.58 Å². The zero-order chi connectivity index (χ0) is 27.9. The van der Waals surface area contributed by atoms with Crippen LogP contribution in [0.3, 0.4) is 0 Å². The molecule has 0 aromatic heterocycles. The van der Waals surface area contributed by atoms with Gasteiger partial charge in [0.25, 0.3) is 5.91 Å². The van der Waals surface area contributed by atoms with Crippen LogP contribution in [0.15, 0.2) is 72.5 Å². The van der Waals surface area contributed by atoms with Crippen LogP contribution in [0.5, 0.6) is 0 Å². The molecule has 0 saturated carbocycles. The summed E-state index contributed by atoms with van der Waals surface area (Å²) in [6.45, 7) is 8.36. The van der Waals surface area contributed by atoms with E-state index in [0.29, 0.717) is 66.6 Å². The van der Waals surface area contributed by atoms with Crippen molar-refractivity contribution in [2.45, 2.75) is 19.4 Å². The molecule has 3 amide bonds. The molecular formula is C29H32ClFN4O4. The summed E-state index contributed by atoms with van der Waals surface area (Å²) in [5.74, 6) is -1.07. The summed E-state index contributed by atoms with van der Waals surface area (Å²) >= 11 is 6.24. The lowest BCUT2D eigenvalue weighted by Crippen LogP contribution is -2.51. The summed E-state index contributed by atoms with van der Waals surface area (Å²) in [4.78, 5) is 45.0. The Bertz CT molecular complexity index is 1270. The molecule has 1 atom stereocenters. The lowest BCUT2D eigenvalue weighted by Gasteiger charge is -2.38. The molecule has 2 aromatic carbocycles. The Kier molecular flexibility index (Phi) is 9.37. The fourth-order valence-corrected chi connectivity index (χ4v) is 5.10. The first-order chi connectivity index (χ1) is 18.8. The average molecular weight is 555 g/mol. The van der Waals surface area contributed by atoms with E-state index in [0.717, 1.165) is 0 Å². The first-order valence-corrected chi connectivity index (χ1v) is 13.3. The molecule has 2 aromatic rings. The molecule has 0 spiro atoms. The van der Waals surface area contributed by atoms with E-state index >= 15 is 0 Å². The van der Waals surface area contributed by atoms with E-state index in [4.69, 9.17) is 16.3 Å². The van der Waals surface area contributed by atoms with Crippen molar-refractivity contribution in [3.63, 3.8) is 0 Å². The number of carbonyl (C=O) groups is 3. The van der Waals surface area contributed by atoms with Crippen LogP contribution in [0.4, 0.5) is 9.18 Å². The Morgan fingerprint density at radius 2 is 1.92 bits per heavy atom. The number of hydrogen-bond donors (Lipinski definition) is 1. The average Bonchev–Trinajstić information content (AvgIpc) is 3.16. The standard InChI is InChI=1S/C29H32ClFN4O4/c1-3-13-35-24(19-33-14-6-15-34(17-16-33)27(36)20-9-11-23(31)12-10-20)25(28(37)39-4-2)26(32-29(35)38)21-7-5-8-22(30)18-21/h3,5,7-12,18,26H,1,4,6,13-17,19H2,2H3,(H,32,38). The van der Waals surface area contributed by atoms with Crippen molar-refractivity contribution in [2.24, 2.45) is 0 Å². The van der Waals surface area contributed by atoms with Crippen molar-refractivity contribution in [2.75, 3.05) is 45.9 Å². The smallest absolute Gasteiger partial charge is 0.338 e. The highest BCUT2D eigenvalue weighted by Gasteiger charge is 2.38. The Labute approximate surface area is 232 Å². The van der Waals surface area contributed by atoms with Gasteiger partial charge in [-0.25, -0.2) is 14.0 Å². The molecule has 2 aliphatic rings. The topological polar surface area (TPSA) is 82.2 Å². The van der Waals surface area contributed by atoms with Gasteiger partial charge < -0.3 is 15.0 Å². The fraction of sp³-hybridized carbons (Fsp3) is 0.345. The van der Waals surface area contributed by atoms with Crippen LogP contribution < -0.4 is 5.32 Å². The highest BCUT2D eigenvalue weighted by atomic mass is 35.5. The lowest BCUT2D eigenvalue weighted by atomic mass is 9.94. The lowest BCUT2D eigenvalue weighted by molar-refractivity contribution is -0.139. The van der Waals surface area contributed by atoms with Crippen molar-refractivity contribution in [1.82, 2.24) is 20.0 Å². The quantitative estimate of drug-likeness (QED) is 0.386. The molecule has 1 saturated heterocycles. The van der Waals surface area contributed by atoms with Gasteiger partial charge >= 0.3 is 12.0 Å².